The molecule has 0 saturated heterocycles. The highest BCUT2D eigenvalue weighted by molar-refractivity contribution is 7.10. The molecular weight excluding hydrogens is 583 g/mol. The van der Waals surface area contributed by atoms with E-state index in [0.717, 1.165) is 32.0 Å². The fraction of sp³-hybridized carbons (Fsp3) is 0.233. The van der Waals surface area contributed by atoms with Crippen molar-refractivity contribution in [1.82, 2.24) is 9.55 Å². The summed E-state index contributed by atoms with van der Waals surface area (Å²) in [6, 6.07) is 52.3. The van der Waals surface area contributed by atoms with E-state index in [9.17, 15) is 0 Å². The van der Waals surface area contributed by atoms with Crippen LogP contribution >= 0.6 is 0 Å². The smallest absolute Gasteiger partial charge is 0.217 e. The van der Waals surface area contributed by atoms with Gasteiger partial charge in [0.25, 0.3) is 0 Å². The maximum atomic E-state index is 5.07. The number of hydrogen-bond donors (Lipinski definition) is 0. The molecule has 0 amide bonds. The summed E-state index contributed by atoms with van der Waals surface area (Å²) in [4.78, 5) is 5.07. The van der Waals surface area contributed by atoms with Gasteiger partial charge in [-0.3, -0.25) is 4.98 Å². The third-order valence-electron chi connectivity index (χ3n) is 9.39. The van der Waals surface area contributed by atoms with E-state index in [2.05, 4.69) is 178 Å². The van der Waals surface area contributed by atoms with Crippen LogP contribution in [0.25, 0.3) is 0 Å². The van der Waals surface area contributed by atoms with Gasteiger partial charge in [-0.25, -0.2) is 0 Å². The Morgan fingerprint density at radius 1 is 0.574 bits per heavy atom. The van der Waals surface area contributed by atoms with Crippen LogP contribution in [0.5, 0.6) is 0 Å². The summed E-state index contributed by atoms with van der Waals surface area (Å²) in [5.41, 5.74) is 6.61. The Kier molecular flexibility index (Phi) is 10.4. The highest BCUT2D eigenvalue weighted by Crippen LogP contribution is 2.23. The van der Waals surface area contributed by atoms with Gasteiger partial charge < -0.3 is 4.57 Å². The number of hydrogen-bond acceptors (Lipinski definition) is 1. The molecule has 0 aliphatic heterocycles. The molecule has 0 spiro atoms. The summed E-state index contributed by atoms with van der Waals surface area (Å²) < 4.78 is 2.49. The molecule has 0 aliphatic carbocycles. The molecule has 0 saturated carbocycles. The van der Waals surface area contributed by atoms with Crippen molar-refractivity contribution in [2.24, 2.45) is 11.8 Å². The number of rotatable bonds is 13. The van der Waals surface area contributed by atoms with Crippen molar-refractivity contribution in [3.63, 3.8) is 0 Å². The predicted octanol–water partition coefficient (Wildman–Crippen LogP) is 6.84. The SMILES string of the molecule is CC(C)Cc1cccc([Si](Cn2ccnc2BC(c2ccccc2)c2ccccc2)(c2ccccc2)c2cccc(CC(C)C)c2)c1. The van der Waals surface area contributed by atoms with Crippen molar-refractivity contribution in [3.05, 3.63) is 174 Å². The van der Waals surface area contributed by atoms with Gasteiger partial charge in [0.05, 0.1) is 5.72 Å². The fourth-order valence-corrected chi connectivity index (χ4v) is 12.0. The molecule has 4 heteroatoms. The lowest BCUT2D eigenvalue weighted by atomic mass is 9.58. The fourth-order valence-electron chi connectivity index (χ4n) is 7.28. The van der Waals surface area contributed by atoms with Gasteiger partial charge in [0, 0.05) is 18.6 Å². The summed E-state index contributed by atoms with van der Waals surface area (Å²) >= 11 is 0. The largest absolute Gasteiger partial charge is 0.345 e. The Balaban J connectivity index is 1.52. The average molecular weight is 631 g/mol. The molecule has 236 valence electrons. The van der Waals surface area contributed by atoms with Gasteiger partial charge in [0.15, 0.2) is 8.07 Å². The van der Waals surface area contributed by atoms with Crippen LogP contribution in [0.4, 0.5) is 0 Å². The van der Waals surface area contributed by atoms with E-state index in [1.807, 2.05) is 6.20 Å². The first-order valence-electron chi connectivity index (χ1n) is 17.3. The molecule has 47 heavy (non-hydrogen) atoms. The Bertz CT molecular complexity index is 1750. The molecular formula is C43H47BN2Si. The van der Waals surface area contributed by atoms with Gasteiger partial charge in [-0.05, 0) is 68.3 Å². The second kappa shape index (κ2) is 15.0. The van der Waals surface area contributed by atoms with Crippen molar-refractivity contribution in [3.8, 4) is 0 Å². The van der Waals surface area contributed by atoms with Crippen LogP contribution in [0, 0.1) is 11.8 Å². The second-order valence-electron chi connectivity index (χ2n) is 13.9. The monoisotopic (exact) mass is 630 g/mol. The normalized spacial score (nSPS) is 11.8. The van der Waals surface area contributed by atoms with Crippen LogP contribution in [0.3, 0.4) is 0 Å². The number of imidazole rings is 1. The van der Waals surface area contributed by atoms with E-state index >= 15 is 0 Å². The molecule has 0 N–H and O–H groups in total. The molecule has 0 fully saturated rings. The van der Waals surface area contributed by atoms with Crippen molar-refractivity contribution in [1.29, 1.82) is 0 Å². The maximum Gasteiger partial charge on any atom is 0.217 e. The first kappa shape index (κ1) is 32.5. The molecule has 0 aliphatic rings. The zero-order chi connectivity index (χ0) is 32.6. The number of nitrogens with zero attached hydrogens (tertiary/aromatic N) is 2. The van der Waals surface area contributed by atoms with Gasteiger partial charge in [-0.15, -0.1) is 0 Å². The maximum absolute atomic E-state index is 5.07. The summed E-state index contributed by atoms with van der Waals surface area (Å²) in [7, 11) is -1.78. The Labute approximate surface area is 283 Å². The standard InChI is InChI=1S/C43H47BN2Si/c1-33(2)28-35-16-14-24-40(30-35)47(39-22-12-7-13-23-39,41-25-15-17-36(31-41)29-34(3)4)32-46-27-26-45-43(46)44-42(37-18-8-5-9-19-37)38-20-10-6-11-21-38/h5-27,30-31,33-34,42,44H,28-29,32H2,1-4H3. The van der Waals surface area contributed by atoms with E-state index in [1.54, 1.807) is 0 Å². The molecule has 1 heterocycles. The third kappa shape index (κ3) is 7.60. The van der Waals surface area contributed by atoms with Crippen molar-refractivity contribution in [2.75, 3.05) is 0 Å². The predicted molar refractivity (Wildman–Crippen MR) is 205 cm³/mol. The molecule has 6 aromatic rings. The second-order valence-corrected chi connectivity index (χ2v) is 17.8. The van der Waals surface area contributed by atoms with Crippen molar-refractivity contribution < 1.29 is 0 Å². The lowest BCUT2D eigenvalue weighted by molar-refractivity contribution is 0.647. The van der Waals surface area contributed by atoms with E-state index in [-0.39, 0.29) is 5.82 Å². The van der Waals surface area contributed by atoms with E-state index in [4.69, 9.17) is 4.98 Å². The first-order chi connectivity index (χ1) is 22.9. The summed E-state index contributed by atoms with van der Waals surface area (Å²) in [5, 5.41) is 4.36. The number of aromatic nitrogens is 2. The highest BCUT2D eigenvalue weighted by atomic mass is 28.3. The van der Waals surface area contributed by atoms with Crippen molar-refractivity contribution in [2.45, 2.75) is 52.5 Å². The van der Waals surface area contributed by atoms with Gasteiger partial charge in [0.1, 0.15) is 0 Å². The van der Waals surface area contributed by atoms with Crippen LogP contribution in [0.1, 0.15) is 55.8 Å². The van der Waals surface area contributed by atoms with Crippen LogP contribution in [-0.2, 0) is 19.0 Å². The minimum absolute atomic E-state index is 0.218. The molecule has 6 rings (SSSR count). The molecule has 0 atom stereocenters. The minimum atomic E-state index is -2.61. The Morgan fingerprint density at radius 2 is 1.04 bits per heavy atom. The van der Waals surface area contributed by atoms with Crippen LogP contribution in [0.15, 0.2) is 152 Å². The highest BCUT2D eigenvalue weighted by Gasteiger charge is 2.41. The molecule has 1 aromatic heterocycles. The van der Waals surface area contributed by atoms with Crippen LogP contribution in [0.2, 0.25) is 0 Å². The summed E-state index contributed by atoms with van der Waals surface area (Å²) in [6.45, 7) is 9.27. The first-order valence-corrected chi connectivity index (χ1v) is 19.5. The number of benzene rings is 5. The van der Waals surface area contributed by atoms with E-state index in [0.29, 0.717) is 11.8 Å². The van der Waals surface area contributed by atoms with Gasteiger partial charge in [-0.2, -0.15) is 0 Å². The molecule has 5 aromatic carbocycles. The zero-order valence-electron chi connectivity index (χ0n) is 28.4. The Hall–Kier alpha value is -4.41. The summed E-state index contributed by atoms with van der Waals surface area (Å²) in [6.07, 6.45) is 7.28. The van der Waals surface area contributed by atoms with E-state index < -0.39 is 8.07 Å². The van der Waals surface area contributed by atoms with Crippen molar-refractivity contribution >= 4 is 36.6 Å². The Morgan fingerprint density at radius 3 is 1.53 bits per heavy atom. The topological polar surface area (TPSA) is 17.8 Å². The molecule has 0 radical (unpaired) electrons. The van der Waals surface area contributed by atoms with E-state index in [1.165, 1.54) is 37.8 Å². The third-order valence-corrected chi connectivity index (χ3v) is 14.1. The molecule has 2 nitrogen and oxygen atoms in total. The minimum Gasteiger partial charge on any atom is -0.345 e. The molecule has 0 unspecified atom stereocenters. The van der Waals surface area contributed by atoms with Crippen LogP contribution in [-0.4, -0.2) is 24.9 Å². The van der Waals surface area contributed by atoms with Gasteiger partial charge in [0.2, 0.25) is 7.28 Å². The molecule has 0 bridgehead atoms. The van der Waals surface area contributed by atoms with Crippen LogP contribution < -0.4 is 21.3 Å². The lowest BCUT2D eigenvalue weighted by Gasteiger charge is -2.35. The average Bonchev–Trinajstić information content (AvgIpc) is 3.53. The van der Waals surface area contributed by atoms with Gasteiger partial charge in [-0.1, -0.05) is 167 Å². The summed E-state index contributed by atoms with van der Waals surface area (Å²) in [5.74, 6) is 1.41. The zero-order valence-corrected chi connectivity index (χ0v) is 29.4. The quantitative estimate of drug-likeness (QED) is 0.101. The van der Waals surface area contributed by atoms with Gasteiger partial charge >= 0.3 is 0 Å². The lowest BCUT2D eigenvalue weighted by Crippen LogP contribution is -2.70.